The van der Waals surface area contributed by atoms with Gasteiger partial charge >= 0.3 is 0 Å². The largest absolute Gasteiger partial charge is 0.366 e. The molecule has 2 aliphatic rings. The van der Waals surface area contributed by atoms with Crippen LogP contribution in [0.4, 0.5) is 0 Å². The fraction of sp³-hybridized carbons (Fsp3) is 0.800. The van der Waals surface area contributed by atoms with Crippen molar-refractivity contribution < 1.29 is 4.74 Å². The Labute approximate surface area is 68.4 Å². The van der Waals surface area contributed by atoms with Crippen LogP contribution in [0.1, 0.15) is 33.1 Å². The van der Waals surface area contributed by atoms with Gasteiger partial charge in [0.25, 0.3) is 0 Å². The number of allylic oxidation sites excluding steroid dienone is 1. The van der Waals surface area contributed by atoms with Crippen molar-refractivity contribution in [3.63, 3.8) is 0 Å². The van der Waals surface area contributed by atoms with Gasteiger partial charge in [0.15, 0.2) is 0 Å². The molecule has 0 N–H and O–H groups in total. The molecule has 1 unspecified atom stereocenters. The summed E-state index contributed by atoms with van der Waals surface area (Å²) >= 11 is 0. The molecular weight excluding hydrogens is 136 g/mol. The minimum absolute atomic E-state index is 0.270. The fourth-order valence-corrected chi connectivity index (χ4v) is 2.09. The summed E-state index contributed by atoms with van der Waals surface area (Å²) in [5.41, 5.74) is 1.61. The van der Waals surface area contributed by atoms with E-state index in [4.69, 9.17) is 4.74 Å². The normalized spacial score (nSPS) is 48.2. The third-order valence-corrected chi connectivity index (χ3v) is 3.22. The predicted octanol–water partition coefficient (Wildman–Crippen LogP) is 2.52. The maximum Gasteiger partial charge on any atom is 0.0920 e. The van der Waals surface area contributed by atoms with Crippen molar-refractivity contribution in [1.29, 1.82) is 0 Å². The number of hydrogen-bond donors (Lipinski definition) is 0. The molecule has 0 aromatic heterocycles. The Morgan fingerprint density at radius 3 is 2.91 bits per heavy atom. The van der Waals surface area contributed by atoms with Gasteiger partial charge in [0, 0.05) is 0 Å². The average molecular weight is 152 g/mol. The zero-order valence-electron chi connectivity index (χ0n) is 7.39. The smallest absolute Gasteiger partial charge is 0.0920 e. The molecule has 1 nitrogen and oxygen atoms in total. The van der Waals surface area contributed by atoms with Crippen LogP contribution < -0.4 is 0 Å². The van der Waals surface area contributed by atoms with Gasteiger partial charge in [-0.25, -0.2) is 0 Å². The molecule has 1 saturated heterocycles. The lowest BCUT2D eigenvalue weighted by Gasteiger charge is -2.22. The highest BCUT2D eigenvalue weighted by atomic mass is 16.6. The predicted molar refractivity (Wildman–Crippen MR) is 45.4 cm³/mol. The first-order chi connectivity index (χ1) is 5.12. The van der Waals surface area contributed by atoms with Gasteiger partial charge in [-0.2, -0.15) is 0 Å². The van der Waals surface area contributed by atoms with Crippen LogP contribution in [-0.4, -0.2) is 11.7 Å². The molecule has 1 saturated carbocycles. The third-order valence-electron chi connectivity index (χ3n) is 3.22. The highest BCUT2D eigenvalue weighted by Crippen LogP contribution is 2.50. The summed E-state index contributed by atoms with van der Waals surface area (Å²) in [4.78, 5) is 0. The van der Waals surface area contributed by atoms with E-state index in [9.17, 15) is 0 Å². The first-order valence-corrected chi connectivity index (χ1v) is 4.45. The van der Waals surface area contributed by atoms with E-state index in [1.807, 2.05) is 0 Å². The average Bonchev–Trinajstić information content (AvgIpc) is 2.58. The van der Waals surface area contributed by atoms with Crippen molar-refractivity contribution >= 4 is 0 Å². The van der Waals surface area contributed by atoms with E-state index in [1.54, 1.807) is 0 Å². The molecule has 11 heavy (non-hydrogen) atoms. The lowest BCUT2D eigenvalue weighted by atomic mass is 9.80. The molecule has 0 radical (unpaired) electrons. The molecule has 1 heterocycles. The van der Waals surface area contributed by atoms with Crippen molar-refractivity contribution in [1.82, 2.24) is 0 Å². The Morgan fingerprint density at radius 1 is 1.64 bits per heavy atom. The topological polar surface area (TPSA) is 12.5 Å². The summed E-state index contributed by atoms with van der Waals surface area (Å²) in [6, 6.07) is 0. The molecule has 0 spiro atoms. The van der Waals surface area contributed by atoms with Gasteiger partial charge in [-0.05, 0) is 39.0 Å². The number of fused-ring (bicyclic) bond motifs is 1. The first-order valence-electron chi connectivity index (χ1n) is 4.45. The van der Waals surface area contributed by atoms with Crippen LogP contribution in [0.2, 0.25) is 0 Å². The molecule has 0 amide bonds. The minimum atomic E-state index is 0.270. The van der Waals surface area contributed by atoms with E-state index < -0.39 is 0 Å². The fourth-order valence-electron chi connectivity index (χ4n) is 2.09. The van der Waals surface area contributed by atoms with Gasteiger partial charge < -0.3 is 4.74 Å². The standard InChI is InChI=1S/C10H16O/c1-7(2)8-4-5-10(3)9(6-8)11-10/h8-9H,1,4-6H2,2-3H3/t8?,9-,10+/m1/s1. The molecule has 2 fully saturated rings. The van der Waals surface area contributed by atoms with Crippen molar-refractivity contribution in [2.24, 2.45) is 5.92 Å². The molecule has 3 atom stereocenters. The van der Waals surface area contributed by atoms with Gasteiger partial charge in [-0.1, -0.05) is 12.2 Å². The summed E-state index contributed by atoms with van der Waals surface area (Å²) < 4.78 is 5.60. The lowest BCUT2D eigenvalue weighted by Crippen LogP contribution is -2.21. The second-order valence-electron chi connectivity index (χ2n) is 4.24. The third kappa shape index (κ3) is 1.12. The Balaban J connectivity index is 1.98. The highest BCUT2D eigenvalue weighted by Gasteiger charge is 2.55. The molecule has 0 aromatic rings. The Bertz CT molecular complexity index is 197. The van der Waals surface area contributed by atoms with Gasteiger partial charge in [-0.3, -0.25) is 0 Å². The van der Waals surface area contributed by atoms with Crippen LogP contribution in [0, 0.1) is 5.92 Å². The van der Waals surface area contributed by atoms with E-state index in [0.29, 0.717) is 6.10 Å². The van der Waals surface area contributed by atoms with Crippen molar-refractivity contribution in [3.05, 3.63) is 12.2 Å². The number of epoxide rings is 1. The van der Waals surface area contributed by atoms with E-state index in [1.165, 1.54) is 24.8 Å². The monoisotopic (exact) mass is 152 g/mol. The van der Waals surface area contributed by atoms with E-state index in [-0.39, 0.29) is 5.60 Å². The summed E-state index contributed by atoms with van der Waals surface area (Å²) in [5, 5.41) is 0. The molecule has 0 bridgehead atoms. The Hall–Kier alpha value is -0.300. The van der Waals surface area contributed by atoms with Crippen molar-refractivity contribution in [3.8, 4) is 0 Å². The van der Waals surface area contributed by atoms with Gasteiger partial charge in [-0.15, -0.1) is 0 Å². The van der Waals surface area contributed by atoms with Crippen LogP contribution in [0.5, 0.6) is 0 Å². The van der Waals surface area contributed by atoms with Crippen LogP contribution in [-0.2, 0) is 4.74 Å². The molecule has 1 aliphatic carbocycles. The van der Waals surface area contributed by atoms with Gasteiger partial charge in [0.1, 0.15) is 0 Å². The zero-order chi connectivity index (χ0) is 8.06. The van der Waals surface area contributed by atoms with E-state index in [2.05, 4.69) is 20.4 Å². The van der Waals surface area contributed by atoms with Crippen LogP contribution >= 0.6 is 0 Å². The number of rotatable bonds is 1. The molecule has 62 valence electrons. The first kappa shape index (κ1) is 7.35. The minimum Gasteiger partial charge on any atom is -0.366 e. The molecule has 0 aromatic carbocycles. The lowest BCUT2D eigenvalue weighted by molar-refractivity contribution is 0.303. The van der Waals surface area contributed by atoms with Crippen molar-refractivity contribution in [2.45, 2.75) is 44.8 Å². The second kappa shape index (κ2) is 2.10. The van der Waals surface area contributed by atoms with Gasteiger partial charge in [0.2, 0.25) is 0 Å². The number of hydrogen-bond acceptors (Lipinski definition) is 1. The highest BCUT2D eigenvalue weighted by molar-refractivity contribution is 5.10. The zero-order valence-corrected chi connectivity index (χ0v) is 7.39. The summed E-state index contributed by atoms with van der Waals surface area (Å²) in [6.45, 7) is 8.36. The summed E-state index contributed by atoms with van der Waals surface area (Å²) in [6.07, 6.45) is 4.28. The van der Waals surface area contributed by atoms with E-state index >= 15 is 0 Å². The Morgan fingerprint density at radius 2 is 2.36 bits per heavy atom. The molecule has 2 rings (SSSR count). The van der Waals surface area contributed by atoms with Crippen LogP contribution in [0.15, 0.2) is 12.2 Å². The summed E-state index contributed by atoms with van der Waals surface area (Å²) in [5.74, 6) is 0.732. The number of ether oxygens (including phenoxy) is 1. The molecular formula is C10H16O. The quantitative estimate of drug-likeness (QED) is 0.415. The van der Waals surface area contributed by atoms with E-state index in [0.717, 1.165) is 5.92 Å². The maximum atomic E-state index is 5.60. The summed E-state index contributed by atoms with van der Waals surface area (Å²) in [7, 11) is 0. The van der Waals surface area contributed by atoms with Crippen molar-refractivity contribution in [2.75, 3.05) is 0 Å². The van der Waals surface area contributed by atoms with Gasteiger partial charge in [0.05, 0.1) is 11.7 Å². The Kier molecular flexibility index (Phi) is 1.40. The molecule has 1 heteroatoms. The maximum absolute atomic E-state index is 5.60. The SMILES string of the molecule is C=C(C)C1CC[C@]2(C)O[C@@H]2C1. The van der Waals surface area contributed by atoms with Crippen LogP contribution in [0.3, 0.4) is 0 Å². The second-order valence-corrected chi connectivity index (χ2v) is 4.24. The van der Waals surface area contributed by atoms with Crippen LogP contribution in [0.25, 0.3) is 0 Å². The molecule has 1 aliphatic heterocycles.